The third-order valence-electron chi connectivity index (χ3n) is 10.1. The van der Waals surface area contributed by atoms with E-state index < -0.39 is 62.6 Å². The van der Waals surface area contributed by atoms with Gasteiger partial charge in [0, 0.05) is 98.4 Å². The van der Waals surface area contributed by atoms with E-state index in [0.29, 0.717) is 0 Å². The second kappa shape index (κ2) is 53.8. The van der Waals surface area contributed by atoms with Crippen molar-refractivity contribution in [3.63, 3.8) is 0 Å². The Kier molecular flexibility index (Phi) is 52.2. The van der Waals surface area contributed by atoms with Gasteiger partial charge in [-0.25, -0.2) is 9.59 Å². The Bertz CT molecular complexity index is 3190. The molecule has 0 heterocycles. The predicted octanol–water partition coefficient (Wildman–Crippen LogP) is 12.2. The normalized spacial score (nSPS) is 11.3. The fourth-order valence-corrected chi connectivity index (χ4v) is 13.0. The molecule has 8 aromatic carbocycles. The molecule has 8 aromatic rings. The van der Waals surface area contributed by atoms with E-state index in [1.807, 2.05) is 85.1 Å². The lowest BCUT2D eigenvalue weighted by molar-refractivity contribution is -0.298. The van der Waals surface area contributed by atoms with E-state index >= 15 is 0 Å². The van der Waals surface area contributed by atoms with E-state index in [9.17, 15) is 22.6 Å². The van der Waals surface area contributed by atoms with Gasteiger partial charge in [0.25, 0.3) is 11.9 Å². The molecule has 0 aromatic heterocycles. The number of rotatable bonds is 12. The van der Waals surface area contributed by atoms with Crippen molar-refractivity contribution in [2.75, 3.05) is 43.8 Å². The highest BCUT2D eigenvalue weighted by Crippen LogP contribution is 2.28. The summed E-state index contributed by atoms with van der Waals surface area (Å²) in [6.45, 7) is 6.83. The number of carbonyl (C=O) groups is 5. The summed E-state index contributed by atoms with van der Waals surface area (Å²) in [6, 6.07) is 74.9. The summed E-state index contributed by atoms with van der Waals surface area (Å²) in [5.41, 5.74) is 0. The predicted molar refractivity (Wildman–Crippen MR) is 370 cm³/mol. The lowest BCUT2D eigenvalue weighted by atomic mass is 10.4. The molecule has 0 bridgehead atoms. The Balaban J connectivity index is -0.00000101. The fraction of sp³-hybridized carbons (Fsp3) is 0.169. The van der Waals surface area contributed by atoms with Crippen LogP contribution in [0.3, 0.4) is 0 Å². The summed E-state index contributed by atoms with van der Waals surface area (Å²) < 4.78 is 32.0. The molecular formula is C65H80O18S8+4. The Hall–Kier alpha value is -6.86. The zero-order valence-corrected chi connectivity index (χ0v) is 58.5. The maximum atomic E-state index is 11.3. The molecular weight excluding hydrogens is 1330 g/mol. The van der Waals surface area contributed by atoms with E-state index in [1.54, 1.807) is 36.0 Å². The van der Waals surface area contributed by atoms with Gasteiger partial charge < -0.3 is 35.4 Å². The quantitative estimate of drug-likeness (QED) is 0.0196. The number of carboxylic acid groups (broad SMARTS) is 3. The lowest BCUT2D eigenvalue weighted by Crippen LogP contribution is -2.16. The molecule has 0 spiro atoms. The first kappa shape index (κ1) is 88.3. The van der Waals surface area contributed by atoms with Crippen LogP contribution in [0.25, 0.3) is 0 Å². The Labute approximate surface area is 558 Å². The van der Waals surface area contributed by atoms with Gasteiger partial charge in [0.15, 0.2) is 45.4 Å². The van der Waals surface area contributed by atoms with Crippen LogP contribution in [0.5, 0.6) is 0 Å². The molecule has 6 unspecified atom stereocenters. The van der Waals surface area contributed by atoms with Crippen LogP contribution in [0, 0.1) is 6.92 Å². The molecule has 0 amide bonds. The molecule has 18 nitrogen and oxygen atoms in total. The van der Waals surface area contributed by atoms with Crippen molar-refractivity contribution >= 4 is 119 Å². The SMILES string of the molecule is CC(=O)O.CC(=O)O.CC(=O)OO.CC(=O)OO.CS(=O)c1ccc(Sc2ccccc2)cc1.CS(=O)c1ccc([S+](C)c2ccccc2)cc1.CSc1ccc([S+](C)c2ccccc2)cc1.C[S+](O)c1ccc([S+](C)c2ccccc2)cc1.O.OO.[CH2+]C(=O)[O-]. The average Bonchev–Trinajstić information content (AvgIpc) is 3.33. The second-order valence-electron chi connectivity index (χ2n) is 16.9. The highest BCUT2D eigenvalue weighted by atomic mass is 32.2. The topological polar surface area (TPSA) is 334 Å². The number of benzene rings is 8. The number of thioether (sulfide) groups is 1. The van der Waals surface area contributed by atoms with E-state index in [-0.39, 0.29) is 38.2 Å². The van der Waals surface area contributed by atoms with E-state index in [0.717, 1.165) is 42.4 Å². The molecule has 91 heavy (non-hydrogen) atoms. The number of carboxylic acids is 3. The van der Waals surface area contributed by atoms with Crippen LogP contribution in [0.2, 0.25) is 0 Å². The Morgan fingerprint density at radius 3 is 0.868 bits per heavy atom. The van der Waals surface area contributed by atoms with Gasteiger partial charge in [-0.1, -0.05) is 84.6 Å². The number of hydrogen-bond acceptors (Lipinski definition) is 17. The molecule has 26 heteroatoms. The van der Waals surface area contributed by atoms with Crippen LogP contribution in [-0.2, 0) is 99.2 Å². The fourth-order valence-electron chi connectivity index (χ4n) is 6.06. The van der Waals surface area contributed by atoms with E-state index in [2.05, 4.69) is 181 Å². The highest BCUT2D eigenvalue weighted by molar-refractivity contribution is 7.99. The van der Waals surface area contributed by atoms with Crippen molar-refractivity contribution in [2.45, 2.75) is 86.4 Å². The molecule has 0 aliphatic rings. The minimum Gasteiger partial charge on any atom is -0.508 e. The smallest absolute Gasteiger partial charge is 0.339 e. The zero-order chi connectivity index (χ0) is 68.6. The van der Waals surface area contributed by atoms with Crippen LogP contribution in [0.1, 0.15) is 27.7 Å². The minimum atomic E-state index is -1.33. The zero-order valence-electron chi connectivity index (χ0n) is 52.0. The number of hydrogen-bond donors (Lipinski definition) is 7. The van der Waals surface area contributed by atoms with E-state index in [4.69, 9.17) is 50.7 Å². The van der Waals surface area contributed by atoms with Gasteiger partial charge in [0.05, 0.1) is 32.7 Å². The van der Waals surface area contributed by atoms with Crippen molar-refractivity contribution < 1.29 is 88.5 Å². The van der Waals surface area contributed by atoms with Crippen LogP contribution in [-0.4, -0.2) is 123 Å². The summed E-state index contributed by atoms with van der Waals surface area (Å²) >= 11 is 2.86. The van der Waals surface area contributed by atoms with E-state index in [1.165, 1.54) is 44.1 Å². The molecule has 8 rings (SSSR count). The molecule has 6 atom stereocenters. The largest absolute Gasteiger partial charge is 0.508 e. The summed E-state index contributed by atoms with van der Waals surface area (Å²) in [5, 5.41) is 50.2. The van der Waals surface area contributed by atoms with Gasteiger partial charge in [-0.15, -0.1) is 11.8 Å². The molecule has 0 fully saturated rings. The van der Waals surface area contributed by atoms with Crippen LogP contribution in [0.4, 0.5) is 0 Å². The summed E-state index contributed by atoms with van der Waals surface area (Å²) in [5.74, 6) is -4.38. The summed E-state index contributed by atoms with van der Waals surface area (Å²) in [7, 11) is -1.42. The van der Waals surface area contributed by atoms with Gasteiger partial charge in [-0.2, -0.15) is 15.1 Å². The van der Waals surface area contributed by atoms with Crippen LogP contribution < -0.4 is 5.11 Å². The average molecular weight is 1410 g/mol. The van der Waals surface area contributed by atoms with Gasteiger partial charge >= 0.3 is 11.9 Å². The first-order valence-electron chi connectivity index (χ1n) is 25.8. The van der Waals surface area contributed by atoms with Crippen molar-refractivity contribution in [1.29, 1.82) is 0 Å². The minimum absolute atomic E-state index is 0. The van der Waals surface area contributed by atoms with Crippen molar-refractivity contribution in [2.24, 2.45) is 0 Å². The summed E-state index contributed by atoms with van der Waals surface area (Å²) in [4.78, 5) is 66.2. The summed E-state index contributed by atoms with van der Waals surface area (Å²) in [6.07, 6.45) is 14.1. The molecule has 9 N–H and O–H groups in total. The molecule has 0 saturated carbocycles. The lowest BCUT2D eigenvalue weighted by Gasteiger charge is -2.03. The van der Waals surface area contributed by atoms with Crippen molar-refractivity contribution in [1.82, 2.24) is 0 Å². The van der Waals surface area contributed by atoms with Crippen molar-refractivity contribution in [3.8, 4) is 0 Å². The third-order valence-corrected chi connectivity index (χ3v) is 20.6. The molecule has 0 radical (unpaired) electrons. The standard InChI is InChI=1S/C14H16OS2.C14H15OS2.C14H15S2.C13H12OS2.2C2H4O3.2C2H4O2.C2H2O2.H2O2.H2O/c2*1-16(12-6-4-3-5-7-12)13-8-10-14(11-9-13)17(2)15;1-15-12-8-10-14(11-9-12)16(2)13-6-4-3-5-7-13;1-16(14)13-9-7-12(8-10-13)15-11-5-3-2-4-6-11;2*1-2(3)5-4;3*1-2(3)4;1-2;/h3-11,15H,1-2H3;3-11H,1-2H3;3-11H,1-2H3;2-10H,1H3;2*4H,1H3;2*1H3,(H,3,4);1H2;1-2H;1H2/q+2;2*+1;;;;;;;;. The molecule has 0 aliphatic carbocycles. The molecule has 0 aliphatic heterocycles. The number of carbonyl (C=O) groups excluding carboxylic acids is 3. The van der Waals surface area contributed by atoms with Gasteiger partial charge in [-0.3, -0.25) is 28.5 Å². The maximum Gasteiger partial charge on any atom is 0.339 e. The van der Waals surface area contributed by atoms with Crippen LogP contribution in [0.15, 0.2) is 277 Å². The second-order valence-corrected chi connectivity index (χ2v) is 29.0. The third kappa shape index (κ3) is 44.3. The maximum absolute atomic E-state index is 11.3. The molecule has 492 valence electrons. The monoisotopic (exact) mass is 1400 g/mol. The first-order valence-corrected chi connectivity index (χ1v) is 37.4. The first-order chi connectivity index (χ1) is 42.7. The van der Waals surface area contributed by atoms with Gasteiger partial charge in [0.2, 0.25) is 5.97 Å². The Morgan fingerprint density at radius 1 is 0.429 bits per heavy atom. The Morgan fingerprint density at radius 2 is 0.626 bits per heavy atom. The molecule has 0 saturated heterocycles. The number of aliphatic carboxylic acids is 3. The van der Waals surface area contributed by atoms with Crippen molar-refractivity contribution in [3.05, 3.63) is 225 Å². The van der Waals surface area contributed by atoms with Gasteiger partial charge in [0.1, 0.15) is 31.9 Å². The highest BCUT2D eigenvalue weighted by Gasteiger charge is 2.22. The van der Waals surface area contributed by atoms with Crippen LogP contribution >= 0.6 is 23.5 Å². The van der Waals surface area contributed by atoms with Gasteiger partial charge in [-0.05, 0) is 140 Å².